The van der Waals surface area contributed by atoms with Gasteiger partial charge in [0, 0.05) is 25.1 Å². The fourth-order valence-corrected chi connectivity index (χ4v) is 2.99. The average molecular weight is 415 g/mol. The average Bonchev–Trinajstić information content (AvgIpc) is 2.79. The highest BCUT2D eigenvalue weighted by molar-refractivity contribution is 5.95. The Morgan fingerprint density at radius 1 is 0.867 bits per heavy atom. The number of unbranched alkanes of at least 4 members (excludes halogenated alkanes) is 1. The summed E-state index contributed by atoms with van der Waals surface area (Å²) in [6.07, 6.45) is 2.36. The monoisotopic (exact) mass is 414 g/mol. The summed E-state index contributed by atoms with van der Waals surface area (Å²) in [5.41, 5.74) is 2.20. The van der Waals surface area contributed by atoms with Gasteiger partial charge < -0.3 is 24.8 Å². The topological polar surface area (TPSA) is 85.9 Å². The number of carbonyl (C=O) groups is 2. The Labute approximate surface area is 177 Å². The van der Waals surface area contributed by atoms with Gasteiger partial charge in [0.15, 0.2) is 11.5 Å². The Morgan fingerprint density at radius 2 is 1.53 bits per heavy atom. The van der Waals surface area contributed by atoms with E-state index in [4.69, 9.17) is 14.2 Å². The highest BCUT2D eigenvalue weighted by Crippen LogP contribution is 2.41. The number of hydrogen-bond acceptors (Lipinski definition) is 5. The molecule has 0 radical (unpaired) electrons. The van der Waals surface area contributed by atoms with Crippen LogP contribution in [0.1, 0.15) is 36.5 Å². The summed E-state index contributed by atoms with van der Waals surface area (Å²) in [5.74, 6) is 1.40. The van der Waals surface area contributed by atoms with Crippen LogP contribution in [0.4, 0.5) is 0 Å². The SMILES string of the molecule is CCCCC(=O)NCCNC(=O)c1cccc(-c2cc(OC)c(OC)c(OC)c2)c1. The second kappa shape index (κ2) is 11.7. The fraction of sp³-hybridized carbons (Fsp3) is 0.391. The molecule has 0 heterocycles. The van der Waals surface area contributed by atoms with Gasteiger partial charge in [-0.25, -0.2) is 0 Å². The van der Waals surface area contributed by atoms with Crippen LogP contribution in [0.15, 0.2) is 36.4 Å². The lowest BCUT2D eigenvalue weighted by Crippen LogP contribution is -2.34. The van der Waals surface area contributed by atoms with Crippen molar-refractivity contribution in [3.05, 3.63) is 42.0 Å². The van der Waals surface area contributed by atoms with E-state index in [0.29, 0.717) is 42.3 Å². The quantitative estimate of drug-likeness (QED) is 0.551. The van der Waals surface area contributed by atoms with E-state index in [2.05, 4.69) is 10.6 Å². The zero-order chi connectivity index (χ0) is 21.9. The molecule has 0 fully saturated rings. The standard InChI is InChI=1S/C23H30N2O5/c1-5-6-10-21(26)24-11-12-25-23(27)17-9-7-8-16(13-17)18-14-19(28-2)22(30-4)20(15-18)29-3/h7-9,13-15H,5-6,10-12H2,1-4H3,(H,24,26)(H,25,27). The van der Waals surface area contributed by atoms with Gasteiger partial charge in [-0.15, -0.1) is 0 Å². The minimum atomic E-state index is -0.202. The lowest BCUT2D eigenvalue weighted by atomic mass is 10.0. The van der Waals surface area contributed by atoms with Crippen LogP contribution in [0.5, 0.6) is 17.2 Å². The summed E-state index contributed by atoms with van der Waals surface area (Å²) in [4.78, 5) is 24.1. The summed E-state index contributed by atoms with van der Waals surface area (Å²) < 4.78 is 16.2. The molecule has 0 unspecified atom stereocenters. The van der Waals surface area contributed by atoms with E-state index in [-0.39, 0.29) is 11.8 Å². The van der Waals surface area contributed by atoms with Crippen LogP contribution in [0, 0.1) is 0 Å². The van der Waals surface area contributed by atoms with Crippen molar-refractivity contribution in [1.82, 2.24) is 10.6 Å². The molecule has 0 bridgehead atoms. The van der Waals surface area contributed by atoms with E-state index in [9.17, 15) is 9.59 Å². The highest BCUT2D eigenvalue weighted by atomic mass is 16.5. The first-order chi connectivity index (χ1) is 14.5. The van der Waals surface area contributed by atoms with E-state index in [1.54, 1.807) is 33.5 Å². The van der Waals surface area contributed by atoms with Crippen molar-refractivity contribution in [2.45, 2.75) is 26.2 Å². The Hall–Kier alpha value is -3.22. The molecule has 0 aliphatic carbocycles. The number of nitrogens with one attached hydrogen (secondary N) is 2. The molecular formula is C23H30N2O5. The predicted octanol–water partition coefficient (Wildman–Crippen LogP) is 3.42. The first-order valence-electron chi connectivity index (χ1n) is 9.99. The molecule has 0 aliphatic rings. The molecule has 0 saturated heterocycles. The maximum Gasteiger partial charge on any atom is 0.251 e. The summed E-state index contributed by atoms with van der Waals surface area (Å²) in [6, 6.07) is 11.0. The van der Waals surface area contributed by atoms with Gasteiger partial charge in [-0.2, -0.15) is 0 Å². The molecule has 7 heteroatoms. The lowest BCUT2D eigenvalue weighted by molar-refractivity contribution is -0.121. The fourth-order valence-electron chi connectivity index (χ4n) is 2.99. The molecule has 162 valence electrons. The van der Waals surface area contributed by atoms with Gasteiger partial charge in [0.25, 0.3) is 5.91 Å². The van der Waals surface area contributed by atoms with E-state index in [1.165, 1.54) is 0 Å². The van der Waals surface area contributed by atoms with E-state index in [0.717, 1.165) is 24.0 Å². The zero-order valence-electron chi connectivity index (χ0n) is 18.0. The summed E-state index contributed by atoms with van der Waals surface area (Å²) in [5, 5.41) is 5.63. The van der Waals surface area contributed by atoms with Crippen LogP contribution >= 0.6 is 0 Å². The van der Waals surface area contributed by atoms with Crippen molar-refractivity contribution in [3.63, 3.8) is 0 Å². The van der Waals surface area contributed by atoms with Gasteiger partial charge in [0.2, 0.25) is 11.7 Å². The van der Waals surface area contributed by atoms with E-state index in [1.807, 2.05) is 31.2 Å². The third-order valence-electron chi connectivity index (χ3n) is 4.61. The highest BCUT2D eigenvalue weighted by Gasteiger charge is 2.15. The maximum absolute atomic E-state index is 12.5. The van der Waals surface area contributed by atoms with Gasteiger partial charge in [-0.3, -0.25) is 9.59 Å². The molecule has 2 aromatic carbocycles. The van der Waals surface area contributed by atoms with Crippen LogP contribution in [0.25, 0.3) is 11.1 Å². The molecule has 2 N–H and O–H groups in total. The van der Waals surface area contributed by atoms with Crippen molar-refractivity contribution < 1.29 is 23.8 Å². The first-order valence-corrected chi connectivity index (χ1v) is 9.99. The van der Waals surface area contributed by atoms with Crippen LogP contribution < -0.4 is 24.8 Å². The van der Waals surface area contributed by atoms with Crippen molar-refractivity contribution in [3.8, 4) is 28.4 Å². The van der Waals surface area contributed by atoms with Crippen LogP contribution in [-0.4, -0.2) is 46.2 Å². The third kappa shape index (κ3) is 6.14. The molecule has 0 aliphatic heterocycles. The Balaban J connectivity index is 2.07. The number of hydrogen-bond donors (Lipinski definition) is 2. The zero-order valence-corrected chi connectivity index (χ0v) is 18.0. The first kappa shape index (κ1) is 23.1. The Kier molecular flexibility index (Phi) is 9.00. The van der Waals surface area contributed by atoms with Gasteiger partial charge in [0.05, 0.1) is 21.3 Å². The molecule has 30 heavy (non-hydrogen) atoms. The largest absolute Gasteiger partial charge is 0.493 e. The minimum Gasteiger partial charge on any atom is -0.493 e. The van der Waals surface area contributed by atoms with Gasteiger partial charge in [-0.1, -0.05) is 25.5 Å². The minimum absolute atomic E-state index is 0.00972. The molecule has 0 aromatic heterocycles. The molecule has 2 aromatic rings. The molecular weight excluding hydrogens is 384 g/mol. The number of amides is 2. The molecule has 0 spiro atoms. The van der Waals surface area contributed by atoms with Crippen LogP contribution in [0.3, 0.4) is 0 Å². The predicted molar refractivity (Wildman–Crippen MR) is 116 cm³/mol. The Morgan fingerprint density at radius 3 is 2.13 bits per heavy atom. The normalized spacial score (nSPS) is 10.3. The number of carbonyl (C=O) groups excluding carboxylic acids is 2. The second-order valence-corrected chi connectivity index (χ2v) is 6.70. The number of methoxy groups -OCH3 is 3. The molecule has 0 atom stereocenters. The summed E-state index contributed by atoms with van der Waals surface area (Å²) in [6.45, 7) is 2.81. The summed E-state index contributed by atoms with van der Waals surface area (Å²) in [7, 11) is 4.68. The molecule has 2 amide bonds. The van der Waals surface area contributed by atoms with Crippen molar-refractivity contribution in [1.29, 1.82) is 0 Å². The third-order valence-corrected chi connectivity index (χ3v) is 4.61. The second-order valence-electron chi connectivity index (χ2n) is 6.70. The van der Waals surface area contributed by atoms with Gasteiger partial charge in [-0.05, 0) is 41.8 Å². The van der Waals surface area contributed by atoms with Crippen molar-refractivity contribution in [2.75, 3.05) is 34.4 Å². The van der Waals surface area contributed by atoms with Crippen molar-refractivity contribution in [2.24, 2.45) is 0 Å². The van der Waals surface area contributed by atoms with Gasteiger partial charge >= 0.3 is 0 Å². The number of benzene rings is 2. The summed E-state index contributed by atoms with van der Waals surface area (Å²) >= 11 is 0. The molecule has 0 saturated carbocycles. The number of ether oxygens (including phenoxy) is 3. The number of rotatable bonds is 11. The molecule has 7 nitrogen and oxygen atoms in total. The van der Waals surface area contributed by atoms with E-state index >= 15 is 0 Å². The van der Waals surface area contributed by atoms with Crippen LogP contribution in [0.2, 0.25) is 0 Å². The van der Waals surface area contributed by atoms with E-state index < -0.39 is 0 Å². The smallest absolute Gasteiger partial charge is 0.251 e. The Bertz CT molecular complexity index is 841. The van der Waals surface area contributed by atoms with Crippen LogP contribution in [-0.2, 0) is 4.79 Å². The van der Waals surface area contributed by atoms with Crippen molar-refractivity contribution >= 4 is 11.8 Å². The lowest BCUT2D eigenvalue weighted by Gasteiger charge is -2.14. The molecule has 2 rings (SSSR count). The maximum atomic E-state index is 12.5. The van der Waals surface area contributed by atoms with Gasteiger partial charge in [0.1, 0.15) is 0 Å².